The predicted octanol–water partition coefficient (Wildman–Crippen LogP) is 2.98. The summed E-state index contributed by atoms with van der Waals surface area (Å²) >= 11 is 5.67. The molecular weight excluding hydrogens is 271 g/mol. The normalized spacial score (nSPS) is 24.8. The minimum atomic E-state index is -1.02. The molecule has 2 fully saturated rings. The fraction of sp³-hybridized carbons (Fsp3) is 0.571. The summed E-state index contributed by atoms with van der Waals surface area (Å²) in [6.07, 6.45) is 2.23. The minimum absolute atomic E-state index is 0.0714. The highest BCUT2D eigenvalue weighted by Crippen LogP contribution is 2.45. The molecule has 19 heavy (non-hydrogen) atoms. The average Bonchev–Trinajstić information content (AvgIpc) is 2.86. The maximum Gasteiger partial charge on any atom is 0.168 e. The van der Waals surface area contributed by atoms with Crippen LogP contribution < -0.4 is 0 Å². The highest BCUT2D eigenvalue weighted by atomic mass is 35.5. The van der Waals surface area contributed by atoms with Crippen molar-refractivity contribution < 1.29 is 19.0 Å². The van der Waals surface area contributed by atoms with Gasteiger partial charge in [0.05, 0.1) is 23.8 Å². The zero-order valence-corrected chi connectivity index (χ0v) is 11.3. The van der Waals surface area contributed by atoms with Crippen molar-refractivity contribution in [2.45, 2.75) is 37.1 Å². The van der Waals surface area contributed by atoms with Gasteiger partial charge in [-0.25, -0.2) is 4.39 Å². The molecule has 0 aromatic heterocycles. The molecule has 0 unspecified atom stereocenters. The maximum absolute atomic E-state index is 13.5. The molecule has 1 aromatic carbocycles. The Morgan fingerprint density at radius 3 is 2.32 bits per heavy atom. The molecule has 5 heteroatoms. The molecule has 1 saturated heterocycles. The molecule has 1 heterocycles. The van der Waals surface area contributed by atoms with Gasteiger partial charge in [0.1, 0.15) is 5.82 Å². The summed E-state index contributed by atoms with van der Waals surface area (Å²) in [5.41, 5.74) is -0.450. The van der Waals surface area contributed by atoms with Crippen molar-refractivity contribution in [3.63, 3.8) is 0 Å². The van der Waals surface area contributed by atoms with E-state index in [0.29, 0.717) is 44.5 Å². The van der Waals surface area contributed by atoms with E-state index < -0.39 is 17.2 Å². The van der Waals surface area contributed by atoms with E-state index >= 15 is 0 Å². The Morgan fingerprint density at radius 1 is 1.11 bits per heavy atom. The van der Waals surface area contributed by atoms with E-state index in [2.05, 4.69) is 0 Å². The summed E-state index contributed by atoms with van der Waals surface area (Å²) in [7, 11) is 0. The van der Waals surface area contributed by atoms with Crippen molar-refractivity contribution in [3.05, 3.63) is 34.6 Å². The van der Waals surface area contributed by atoms with Crippen LogP contribution in [-0.2, 0) is 15.1 Å². The number of ether oxygens (including phenoxy) is 2. The zero-order chi connectivity index (χ0) is 13.5. The monoisotopic (exact) mass is 286 g/mol. The van der Waals surface area contributed by atoms with Gasteiger partial charge in [-0.05, 0) is 30.5 Å². The summed E-state index contributed by atoms with van der Waals surface area (Å²) in [5, 5.41) is 10.8. The van der Waals surface area contributed by atoms with Gasteiger partial charge in [-0.3, -0.25) is 0 Å². The standard InChI is InChI=1S/C14H16ClFO3/c15-11-2-1-10(9-12(11)16)13(17)3-5-14(6-4-13)18-7-8-19-14/h1-2,9,17H,3-8H2. The lowest BCUT2D eigenvalue weighted by atomic mass is 9.77. The van der Waals surface area contributed by atoms with Crippen LogP contribution in [0.15, 0.2) is 18.2 Å². The summed E-state index contributed by atoms with van der Waals surface area (Å²) < 4.78 is 24.8. The van der Waals surface area contributed by atoms with E-state index in [4.69, 9.17) is 21.1 Å². The number of aliphatic hydroxyl groups is 1. The Labute approximate surface area is 116 Å². The van der Waals surface area contributed by atoms with Gasteiger partial charge in [0.2, 0.25) is 0 Å². The Bertz CT molecular complexity index is 476. The van der Waals surface area contributed by atoms with Gasteiger partial charge < -0.3 is 14.6 Å². The lowest BCUT2D eigenvalue weighted by Crippen LogP contribution is -2.42. The lowest BCUT2D eigenvalue weighted by molar-refractivity contribution is -0.204. The Balaban J connectivity index is 1.79. The fourth-order valence-corrected chi connectivity index (χ4v) is 3.02. The number of rotatable bonds is 1. The molecule has 0 amide bonds. The van der Waals surface area contributed by atoms with Gasteiger partial charge in [0.25, 0.3) is 0 Å². The van der Waals surface area contributed by atoms with Crippen LogP contribution in [0.2, 0.25) is 5.02 Å². The second-order valence-corrected chi connectivity index (χ2v) is 5.68. The molecule has 1 aliphatic carbocycles. The van der Waals surface area contributed by atoms with Gasteiger partial charge in [0, 0.05) is 12.8 Å². The molecule has 1 saturated carbocycles. The molecular formula is C14H16ClFO3. The van der Waals surface area contributed by atoms with Crippen molar-refractivity contribution in [2.24, 2.45) is 0 Å². The number of hydrogen-bond acceptors (Lipinski definition) is 3. The Morgan fingerprint density at radius 2 is 1.74 bits per heavy atom. The van der Waals surface area contributed by atoms with Gasteiger partial charge in [0.15, 0.2) is 5.79 Å². The van der Waals surface area contributed by atoms with Gasteiger partial charge in [-0.2, -0.15) is 0 Å². The van der Waals surface area contributed by atoms with Crippen molar-refractivity contribution in [3.8, 4) is 0 Å². The van der Waals surface area contributed by atoms with Crippen LogP contribution in [0, 0.1) is 5.82 Å². The van der Waals surface area contributed by atoms with Crippen molar-refractivity contribution in [1.29, 1.82) is 0 Å². The van der Waals surface area contributed by atoms with Crippen LogP contribution in [0.25, 0.3) is 0 Å². The molecule has 0 atom stereocenters. The summed E-state index contributed by atoms with van der Waals surface area (Å²) in [6.45, 7) is 1.21. The summed E-state index contributed by atoms with van der Waals surface area (Å²) in [6, 6.07) is 4.48. The zero-order valence-electron chi connectivity index (χ0n) is 10.5. The molecule has 1 N–H and O–H groups in total. The van der Waals surface area contributed by atoms with Crippen molar-refractivity contribution in [2.75, 3.05) is 13.2 Å². The number of halogens is 2. The maximum atomic E-state index is 13.5. The summed E-state index contributed by atoms with van der Waals surface area (Å²) in [4.78, 5) is 0. The first-order valence-electron chi connectivity index (χ1n) is 6.49. The van der Waals surface area contributed by atoms with E-state index in [-0.39, 0.29) is 5.02 Å². The van der Waals surface area contributed by atoms with Gasteiger partial charge in [-0.1, -0.05) is 17.7 Å². The van der Waals surface area contributed by atoms with Crippen LogP contribution in [0.4, 0.5) is 4.39 Å². The van der Waals surface area contributed by atoms with Gasteiger partial charge >= 0.3 is 0 Å². The second kappa shape index (κ2) is 4.70. The van der Waals surface area contributed by atoms with E-state index in [1.54, 1.807) is 6.07 Å². The molecule has 1 aliphatic heterocycles. The number of hydrogen-bond donors (Lipinski definition) is 1. The molecule has 2 aliphatic rings. The topological polar surface area (TPSA) is 38.7 Å². The van der Waals surface area contributed by atoms with E-state index in [1.807, 2.05) is 0 Å². The SMILES string of the molecule is OC1(c2ccc(Cl)c(F)c2)CCC2(CC1)OCCO2. The molecule has 1 aromatic rings. The second-order valence-electron chi connectivity index (χ2n) is 5.27. The molecule has 0 radical (unpaired) electrons. The van der Waals surface area contributed by atoms with Crippen LogP contribution in [0.3, 0.4) is 0 Å². The van der Waals surface area contributed by atoms with E-state index in [0.717, 1.165) is 0 Å². The lowest BCUT2D eigenvalue weighted by Gasteiger charge is -2.40. The summed E-state index contributed by atoms with van der Waals surface area (Å²) in [5.74, 6) is -1.03. The van der Waals surface area contributed by atoms with Crippen LogP contribution in [-0.4, -0.2) is 24.1 Å². The smallest absolute Gasteiger partial charge is 0.168 e. The highest BCUT2D eigenvalue weighted by Gasteiger charge is 2.46. The molecule has 1 spiro atoms. The third kappa shape index (κ3) is 2.38. The Kier molecular flexibility index (Phi) is 3.29. The van der Waals surface area contributed by atoms with Crippen molar-refractivity contribution >= 4 is 11.6 Å². The Hall–Kier alpha value is -0.680. The number of benzene rings is 1. The fourth-order valence-electron chi connectivity index (χ4n) is 2.90. The first kappa shape index (κ1) is 13.3. The third-order valence-corrected chi connectivity index (χ3v) is 4.42. The van der Waals surface area contributed by atoms with E-state index in [1.165, 1.54) is 12.1 Å². The van der Waals surface area contributed by atoms with Crippen LogP contribution >= 0.6 is 11.6 Å². The van der Waals surface area contributed by atoms with Crippen LogP contribution in [0.5, 0.6) is 0 Å². The molecule has 104 valence electrons. The molecule has 0 bridgehead atoms. The predicted molar refractivity (Wildman–Crippen MR) is 68.4 cm³/mol. The largest absolute Gasteiger partial charge is 0.385 e. The minimum Gasteiger partial charge on any atom is -0.385 e. The quantitative estimate of drug-likeness (QED) is 0.862. The molecule has 3 rings (SSSR count). The van der Waals surface area contributed by atoms with Crippen LogP contribution in [0.1, 0.15) is 31.2 Å². The first-order valence-corrected chi connectivity index (χ1v) is 6.87. The average molecular weight is 287 g/mol. The third-order valence-electron chi connectivity index (χ3n) is 4.11. The highest BCUT2D eigenvalue weighted by molar-refractivity contribution is 6.30. The van der Waals surface area contributed by atoms with Crippen molar-refractivity contribution in [1.82, 2.24) is 0 Å². The van der Waals surface area contributed by atoms with E-state index in [9.17, 15) is 9.50 Å². The molecule has 3 nitrogen and oxygen atoms in total. The first-order chi connectivity index (χ1) is 9.03. The van der Waals surface area contributed by atoms with Gasteiger partial charge in [-0.15, -0.1) is 0 Å².